The van der Waals surface area contributed by atoms with Crippen molar-refractivity contribution >= 4 is 28.2 Å². The second-order valence-corrected chi connectivity index (χ2v) is 6.90. The van der Waals surface area contributed by atoms with E-state index in [-0.39, 0.29) is 11.4 Å². The fourth-order valence-electron chi connectivity index (χ4n) is 3.05. The highest BCUT2D eigenvalue weighted by atomic mass is 32.1. The number of hydrogen-bond acceptors (Lipinski definition) is 4. The molecule has 1 N–H and O–H groups in total. The fourth-order valence-corrected chi connectivity index (χ4v) is 3.81. The lowest BCUT2D eigenvalue weighted by atomic mass is 10.1. The monoisotopic (exact) mass is 382 g/mol. The van der Waals surface area contributed by atoms with Crippen molar-refractivity contribution in [2.24, 2.45) is 0 Å². The van der Waals surface area contributed by atoms with Gasteiger partial charge in [0.15, 0.2) is 17.3 Å². The van der Waals surface area contributed by atoms with Crippen molar-refractivity contribution in [3.63, 3.8) is 0 Å². The molecular formula is C20H15FN2O3S. The van der Waals surface area contributed by atoms with Gasteiger partial charge in [-0.2, -0.15) is 0 Å². The van der Waals surface area contributed by atoms with Gasteiger partial charge in [0.1, 0.15) is 5.01 Å². The summed E-state index contributed by atoms with van der Waals surface area (Å²) in [6.07, 6.45) is 0. The quantitative estimate of drug-likeness (QED) is 0.545. The van der Waals surface area contributed by atoms with Gasteiger partial charge in [-0.15, -0.1) is 11.3 Å². The highest BCUT2D eigenvalue weighted by Gasteiger charge is 2.16. The number of carboxylic acid groups (broad SMARTS) is 1. The first-order valence-electron chi connectivity index (χ1n) is 8.16. The van der Waals surface area contributed by atoms with E-state index in [0.29, 0.717) is 17.1 Å². The summed E-state index contributed by atoms with van der Waals surface area (Å²) in [5.41, 5.74) is 2.58. The molecule has 0 fully saturated rings. The van der Waals surface area contributed by atoms with E-state index >= 15 is 0 Å². The van der Waals surface area contributed by atoms with Crippen LogP contribution in [0.15, 0.2) is 53.9 Å². The van der Waals surface area contributed by atoms with Crippen LogP contribution >= 0.6 is 11.3 Å². The Kier molecular flexibility index (Phi) is 4.37. The molecule has 0 radical (unpaired) electrons. The zero-order chi connectivity index (χ0) is 19.0. The lowest BCUT2D eigenvalue weighted by Crippen LogP contribution is -2.03. The van der Waals surface area contributed by atoms with Gasteiger partial charge >= 0.3 is 5.97 Å². The fraction of sp³-hybridized carbons (Fsp3) is 0.100. The normalized spacial score (nSPS) is 11.0. The second kappa shape index (κ2) is 6.85. The highest BCUT2D eigenvalue weighted by Crippen LogP contribution is 2.33. The molecule has 2 aromatic carbocycles. The lowest BCUT2D eigenvalue weighted by Gasteiger charge is -2.10. The molecule has 7 heteroatoms. The number of aromatic carboxylic acids is 1. The van der Waals surface area contributed by atoms with Crippen LogP contribution in [-0.2, 0) is 6.54 Å². The van der Waals surface area contributed by atoms with E-state index in [1.165, 1.54) is 29.9 Å². The van der Waals surface area contributed by atoms with Crippen LogP contribution in [0.25, 0.3) is 22.2 Å². The number of thiazole rings is 1. The van der Waals surface area contributed by atoms with Crippen molar-refractivity contribution in [1.82, 2.24) is 9.55 Å². The standard InChI is InChI=1S/C20H15FN2O3S/c1-26-18-8-13-7-16(12-5-3-2-4-6-12)23(17(13)9-14(18)21)10-19-22-15(11-27-19)20(24)25/h2-9,11H,10H2,1H3,(H,24,25). The number of carboxylic acids is 1. The molecule has 136 valence electrons. The molecule has 0 amide bonds. The van der Waals surface area contributed by atoms with E-state index in [2.05, 4.69) is 4.98 Å². The Bertz CT molecular complexity index is 1140. The smallest absolute Gasteiger partial charge is 0.355 e. The topological polar surface area (TPSA) is 64.4 Å². The van der Waals surface area contributed by atoms with Crippen molar-refractivity contribution in [3.8, 4) is 17.0 Å². The van der Waals surface area contributed by atoms with Gasteiger partial charge in [0, 0.05) is 22.5 Å². The Hall–Kier alpha value is -3.19. The van der Waals surface area contributed by atoms with E-state index in [1.807, 2.05) is 41.0 Å². The van der Waals surface area contributed by atoms with Crippen LogP contribution in [0.2, 0.25) is 0 Å². The SMILES string of the molecule is COc1cc2cc(-c3ccccc3)n(Cc3nc(C(=O)O)cs3)c2cc1F. The molecule has 0 atom stereocenters. The number of carbonyl (C=O) groups is 1. The van der Waals surface area contributed by atoms with Gasteiger partial charge in [0.2, 0.25) is 0 Å². The first-order valence-corrected chi connectivity index (χ1v) is 9.04. The van der Waals surface area contributed by atoms with Crippen LogP contribution in [0, 0.1) is 5.82 Å². The Morgan fingerprint density at radius 2 is 2.04 bits per heavy atom. The second-order valence-electron chi connectivity index (χ2n) is 5.96. The van der Waals surface area contributed by atoms with Crippen LogP contribution in [-0.4, -0.2) is 27.7 Å². The van der Waals surface area contributed by atoms with E-state index in [1.54, 1.807) is 6.07 Å². The molecule has 0 saturated carbocycles. The molecule has 0 spiro atoms. The third kappa shape index (κ3) is 3.17. The minimum absolute atomic E-state index is 0.0144. The summed E-state index contributed by atoms with van der Waals surface area (Å²) in [6, 6.07) is 14.8. The number of fused-ring (bicyclic) bond motifs is 1. The van der Waals surface area contributed by atoms with Gasteiger partial charge in [0.05, 0.1) is 19.2 Å². The number of rotatable bonds is 5. The Labute approximate surface area is 158 Å². The molecule has 0 bridgehead atoms. The molecule has 0 aliphatic carbocycles. The summed E-state index contributed by atoms with van der Waals surface area (Å²) in [4.78, 5) is 15.3. The van der Waals surface area contributed by atoms with Crippen LogP contribution in [0.1, 0.15) is 15.5 Å². The number of ether oxygens (including phenoxy) is 1. The van der Waals surface area contributed by atoms with Gasteiger partial charge < -0.3 is 14.4 Å². The summed E-state index contributed by atoms with van der Waals surface area (Å²) < 4.78 is 21.4. The average molecular weight is 382 g/mol. The summed E-state index contributed by atoms with van der Waals surface area (Å²) in [7, 11) is 1.43. The molecule has 5 nitrogen and oxygen atoms in total. The number of benzene rings is 2. The largest absolute Gasteiger partial charge is 0.494 e. The average Bonchev–Trinajstić information content (AvgIpc) is 3.27. The van der Waals surface area contributed by atoms with E-state index in [9.17, 15) is 9.18 Å². The minimum Gasteiger partial charge on any atom is -0.494 e. The molecule has 0 saturated heterocycles. The molecule has 2 aromatic heterocycles. The van der Waals surface area contributed by atoms with Crippen LogP contribution in [0.4, 0.5) is 4.39 Å². The van der Waals surface area contributed by atoms with Crippen molar-refractivity contribution in [3.05, 3.63) is 70.4 Å². The lowest BCUT2D eigenvalue weighted by molar-refractivity contribution is 0.0691. The van der Waals surface area contributed by atoms with Gasteiger partial charge in [-0.05, 0) is 17.7 Å². The van der Waals surface area contributed by atoms with E-state index < -0.39 is 11.8 Å². The van der Waals surface area contributed by atoms with E-state index in [0.717, 1.165) is 16.6 Å². The number of methoxy groups -OCH3 is 1. The number of halogens is 1. The molecule has 0 aliphatic heterocycles. The predicted octanol–water partition coefficient (Wildman–Crippen LogP) is 4.66. The predicted molar refractivity (Wildman–Crippen MR) is 102 cm³/mol. The van der Waals surface area contributed by atoms with E-state index in [4.69, 9.17) is 9.84 Å². The maximum absolute atomic E-state index is 14.3. The van der Waals surface area contributed by atoms with Crippen molar-refractivity contribution in [2.45, 2.75) is 6.54 Å². The molecule has 0 unspecified atom stereocenters. The molecule has 27 heavy (non-hydrogen) atoms. The summed E-state index contributed by atoms with van der Waals surface area (Å²) in [5.74, 6) is -1.33. The van der Waals surface area contributed by atoms with Crippen LogP contribution in [0.3, 0.4) is 0 Å². The molecule has 4 rings (SSSR count). The number of hydrogen-bond donors (Lipinski definition) is 1. The zero-order valence-electron chi connectivity index (χ0n) is 14.3. The Balaban J connectivity index is 1.89. The van der Waals surface area contributed by atoms with Crippen molar-refractivity contribution in [2.75, 3.05) is 7.11 Å². The number of nitrogens with zero attached hydrogens (tertiary/aromatic N) is 2. The number of aromatic nitrogens is 2. The zero-order valence-corrected chi connectivity index (χ0v) is 15.2. The maximum atomic E-state index is 14.3. The van der Waals surface area contributed by atoms with Gasteiger partial charge in [-0.1, -0.05) is 30.3 Å². The third-order valence-electron chi connectivity index (χ3n) is 4.31. The molecule has 4 aromatic rings. The van der Waals surface area contributed by atoms with Crippen LogP contribution in [0.5, 0.6) is 5.75 Å². The summed E-state index contributed by atoms with van der Waals surface area (Å²) in [5, 5.41) is 12.1. The van der Waals surface area contributed by atoms with Gasteiger partial charge in [-0.3, -0.25) is 0 Å². The van der Waals surface area contributed by atoms with Crippen LogP contribution < -0.4 is 4.74 Å². The third-order valence-corrected chi connectivity index (χ3v) is 5.14. The molecule has 0 aliphatic rings. The maximum Gasteiger partial charge on any atom is 0.355 e. The van der Waals surface area contributed by atoms with Gasteiger partial charge in [-0.25, -0.2) is 14.2 Å². The van der Waals surface area contributed by atoms with Crippen molar-refractivity contribution < 1.29 is 19.0 Å². The Morgan fingerprint density at radius 1 is 1.26 bits per heavy atom. The minimum atomic E-state index is -1.06. The summed E-state index contributed by atoms with van der Waals surface area (Å²) in [6.45, 7) is 0.345. The van der Waals surface area contributed by atoms with Gasteiger partial charge in [0.25, 0.3) is 0 Å². The highest BCUT2D eigenvalue weighted by molar-refractivity contribution is 7.09. The Morgan fingerprint density at radius 3 is 2.70 bits per heavy atom. The van der Waals surface area contributed by atoms with Crippen molar-refractivity contribution in [1.29, 1.82) is 0 Å². The first kappa shape index (κ1) is 17.2. The molecular weight excluding hydrogens is 367 g/mol. The summed E-state index contributed by atoms with van der Waals surface area (Å²) >= 11 is 1.27. The first-order chi connectivity index (χ1) is 13.1. The molecule has 2 heterocycles.